The molecule has 0 atom stereocenters. The maximum Gasteiger partial charge on any atom is 0.227 e. The van der Waals surface area contributed by atoms with Gasteiger partial charge in [0.2, 0.25) is 11.8 Å². The molecule has 2 aromatic carbocycles. The van der Waals surface area contributed by atoms with Gasteiger partial charge in [0, 0.05) is 43.7 Å². The number of hydrogen-bond acceptors (Lipinski definition) is 11. The fourth-order valence-corrected chi connectivity index (χ4v) is 5.88. The summed E-state index contributed by atoms with van der Waals surface area (Å²) >= 11 is 0. The van der Waals surface area contributed by atoms with Crippen molar-refractivity contribution in [2.75, 3.05) is 104 Å². The molecule has 0 saturated heterocycles. The normalized spacial score (nSPS) is 12.1. The lowest BCUT2D eigenvalue weighted by Crippen LogP contribution is -2.32. The van der Waals surface area contributed by atoms with Crippen LogP contribution in [0, 0.1) is 0 Å². The number of carbonyl (C=O) groups excluding carboxylic acids is 2. The molecule has 2 heterocycles. The van der Waals surface area contributed by atoms with Crippen LogP contribution in [0.5, 0.6) is 0 Å². The molecule has 1 aliphatic rings. The third-order valence-electron chi connectivity index (χ3n) is 8.56. The predicted octanol–water partition coefficient (Wildman–Crippen LogP) is 4.68. The molecule has 1 aromatic heterocycles. The summed E-state index contributed by atoms with van der Waals surface area (Å²) < 4.78 is 40.4. The first-order chi connectivity index (χ1) is 26.6. The summed E-state index contributed by atoms with van der Waals surface area (Å²) in [4.78, 5) is 28.2. The fraction of sp³-hybridized carbons (Fsp3) is 0.600. The minimum atomic E-state index is -0.0566. The lowest BCUT2D eigenvalue weighted by Gasteiger charge is -2.29. The average molecular weight is 754 g/mol. The third kappa shape index (κ3) is 14.8. The summed E-state index contributed by atoms with van der Waals surface area (Å²) in [6.07, 6.45) is 2.84. The molecular weight excluding hydrogens is 694 g/mol. The molecule has 0 spiro atoms. The van der Waals surface area contributed by atoms with Crippen molar-refractivity contribution in [2.24, 2.45) is 0 Å². The first-order valence-corrected chi connectivity index (χ1v) is 19.4. The van der Waals surface area contributed by atoms with Crippen molar-refractivity contribution in [3.05, 3.63) is 54.1 Å². The number of nitrogens with zero attached hydrogens (tertiary/aromatic N) is 4. The third-order valence-corrected chi connectivity index (χ3v) is 8.56. The highest BCUT2D eigenvalue weighted by Gasteiger charge is 2.29. The summed E-state index contributed by atoms with van der Waals surface area (Å²) in [7, 11) is 0. The van der Waals surface area contributed by atoms with Gasteiger partial charge in [0.1, 0.15) is 5.69 Å². The van der Waals surface area contributed by atoms with Crippen molar-refractivity contribution in [2.45, 2.75) is 59.0 Å². The Bertz CT molecular complexity index is 1500. The Morgan fingerprint density at radius 2 is 1.24 bits per heavy atom. The summed E-state index contributed by atoms with van der Waals surface area (Å²) in [5.41, 5.74) is 5.23. The second-order valence-corrected chi connectivity index (χ2v) is 12.6. The van der Waals surface area contributed by atoms with Crippen LogP contribution in [0.4, 0.5) is 5.69 Å². The van der Waals surface area contributed by atoms with E-state index in [1.54, 1.807) is 0 Å². The van der Waals surface area contributed by atoms with Crippen LogP contribution in [-0.2, 0) is 55.8 Å². The number of amides is 2. The molecule has 0 bridgehead atoms. The van der Waals surface area contributed by atoms with Crippen molar-refractivity contribution < 1.29 is 42.7 Å². The smallest absolute Gasteiger partial charge is 0.227 e. The average Bonchev–Trinajstić information content (AvgIpc) is 3.60. The number of hydrogen-bond donors (Lipinski definition) is 1. The van der Waals surface area contributed by atoms with Gasteiger partial charge in [-0.2, -0.15) is 0 Å². The number of aromatic nitrogens is 3. The molecule has 1 N–H and O–H groups in total. The van der Waals surface area contributed by atoms with Gasteiger partial charge in [-0.15, -0.1) is 5.10 Å². The Morgan fingerprint density at radius 1 is 0.667 bits per heavy atom. The number of rotatable bonds is 29. The number of anilines is 1. The maximum atomic E-state index is 13.9. The zero-order valence-electron chi connectivity index (χ0n) is 32.1. The van der Waals surface area contributed by atoms with E-state index in [9.17, 15) is 9.59 Å². The highest BCUT2D eigenvalue weighted by molar-refractivity contribution is 6.00. The molecular formula is C40H59N5O9. The van der Waals surface area contributed by atoms with E-state index in [0.717, 1.165) is 46.8 Å². The lowest BCUT2D eigenvalue weighted by atomic mass is 9.95. The van der Waals surface area contributed by atoms with E-state index in [1.165, 1.54) is 0 Å². The van der Waals surface area contributed by atoms with Gasteiger partial charge in [-0.1, -0.05) is 54.6 Å². The van der Waals surface area contributed by atoms with Crippen LogP contribution in [0.15, 0.2) is 48.5 Å². The van der Waals surface area contributed by atoms with Gasteiger partial charge >= 0.3 is 0 Å². The second kappa shape index (κ2) is 26.1. The first-order valence-electron chi connectivity index (χ1n) is 19.4. The molecule has 14 heteroatoms. The van der Waals surface area contributed by atoms with E-state index < -0.39 is 0 Å². The minimum absolute atomic E-state index is 0.00347. The molecule has 0 fully saturated rings. The number of nitrogens with one attached hydrogen (secondary N) is 1. The zero-order valence-corrected chi connectivity index (χ0v) is 32.1. The van der Waals surface area contributed by atoms with Crippen LogP contribution in [0.3, 0.4) is 0 Å². The number of para-hydroxylation sites is 1. The zero-order chi connectivity index (χ0) is 38.1. The lowest BCUT2D eigenvalue weighted by molar-refractivity contribution is -0.122. The van der Waals surface area contributed by atoms with Crippen molar-refractivity contribution in [1.82, 2.24) is 20.3 Å². The van der Waals surface area contributed by atoms with E-state index in [-0.39, 0.29) is 11.8 Å². The van der Waals surface area contributed by atoms with Gasteiger partial charge in [0.05, 0.1) is 104 Å². The Labute approximate surface area is 319 Å². The first kappa shape index (κ1) is 43.0. The molecule has 0 saturated carbocycles. The summed E-state index contributed by atoms with van der Waals surface area (Å²) in [6.45, 7) is 12.8. The van der Waals surface area contributed by atoms with E-state index in [4.69, 9.17) is 33.2 Å². The number of carbonyl (C=O) groups is 2. The molecule has 298 valence electrons. The molecule has 0 unspecified atom stereocenters. The van der Waals surface area contributed by atoms with E-state index in [0.29, 0.717) is 131 Å². The van der Waals surface area contributed by atoms with Gasteiger partial charge in [-0.05, 0) is 37.8 Å². The van der Waals surface area contributed by atoms with Crippen LogP contribution in [-0.4, -0.2) is 126 Å². The van der Waals surface area contributed by atoms with Crippen LogP contribution >= 0.6 is 0 Å². The van der Waals surface area contributed by atoms with Gasteiger partial charge < -0.3 is 43.4 Å². The summed E-state index contributed by atoms with van der Waals surface area (Å²) in [5.74, 6) is -0.0601. The highest BCUT2D eigenvalue weighted by atomic mass is 16.6. The summed E-state index contributed by atoms with van der Waals surface area (Å²) in [5, 5.41) is 12.1. The van der Waals surface area contributed by atoms with Crippen LogP contribution < -0.4 is 10.2 Å². The SMILES string of the molecule is CCCOCCOCCOCCn1nnc2c1-c1ccccc1N(C(=O)CCCCC(=O)NCCOCCOCCOCCOCC)Cc1ccccc1-2. The Morgan fingerprint density at radius 3 is 1.93 bits per heavy atom. The highest BCUT2D eigenvalue weighted by Crippen LogP contribution is 2.41. The number of benzene rings is 2. The van der Waals surface area contributed by atoms with Crippen molar-refractivity contribution in [3.8, 4) is 22.5 Å². The quantitative estimate of drug-likeness (QED) is 0.0987. The monoisotopic (exact) mass is 753 g/mol. The number of ether oxygens (including phenoxy) is 7. The Balaban J connectivity index is 1.22. The topological polar surface area (TPSA) is 145 Å². The molecule has 1 aliphatic heterocycles. The molecule has 54 heavy (non-hydrogen) atoms. The molecule has 4 rings (SSSR count). The molecule has 0 radical (unpaired) electrons. The fourth-order valence-electron chi connectivity index (χ4n) is 5.88. The largest absolute Gasteiger partial charge is 0.379 e. The van der Waals surface area contributed by atoms with Crippen LogP contribution in [0.25, 0.3) is 22.5 Å². The Hall–Kier alpha value is -3.76. The van der Waals surface area contributed by atoms with Gasteiger partial charge in [0.15, 0.2) is 0 Å². The van der Waals surface area contributed by atoms with Gasteiger partial charge in [-0.3, -0.25) is 9.59 Å². The molecule has 3 aromatic rings. The summed E-state index contributed by atoms with van der Waals surface area (Å²) in [6, 6.07) is 15.9. The van der Waals surface area contributed by atoms with Gasteiger partial charge in [-0.25, -0.2) is 4.68 Å². The van der Waals surface area contributed by atoms with Crippen molar-refractivity contribution in [1.29, 1.82) is 0 Å². The molecule has 14 nitrogen and oxygen atoms in total. The second-order valence-electron chi connectivity index (χ2n) is 12.6. The Kier molecular flexibility index (Phi) is 20.8. The van der Waals surface area contributed by atoms with Crippen molar-refractivity contribution >= 4 is 17.5 Å². The maximum absolute atomic E-state index is 13.9. The minimum Gasteiger partial charge on any atom is -0.379 e. The van der Waals surface area contributed by atoms with E-state index in [1.807, 2.05) is 65.0 Å². The van der Waals surface area contributed by atoms with Crippen LogP contribution in [0.1, 0.15) is 51.5 Å². The molecule has 2 amide bonds. The van der Waals surface area contributed by atoms with Crippen molar-refractivity contribution in [3.63, 3.8) is 0 Å². The van der Waals surface area contributed by atoms with E-state index >= 15 is 0 Å². The predicted molar refractivity (Wildman–Crippen MR) is 205 cm³/mol. The van der Waals surface area contributed by atoms with E-state index in [2.05, 4.69) is 22.6 Å². The molecule has 0 aliphatic carbocycles. The number of fused-ring (bicyclic) bond motifs is 5. The number of unbranched alkanes of at least 4 members (excludes halogenated alkanes) is 1. The standard InChI is InChI=1S/C40H59N5O9/c1-3-19-49-24-27-53-29-26-51-21-18-45-40-35-13-7-8-14-36(35)44(32-33-11-5-6-12-34(33)39(40)42-43-45)38(47)16-10-9-15-37(46)41-17-20-50-25-28-54-31-30-52-23-22-48-4-2/h5-8,11-14H,3-4,9-10,15-32H2,1-2H3,(H,41,46). The van der Waals surface area contributed by atoms with Crippen LogP contribution in [0.2, 0.25) is 0 Å². The van der Waals surface area contributed by atoms with Gasteiger partial charge in [0.25, 0.3) is 0 Å².